The van der Waals surface area contributed by atoms with E-state index in [0.29, 0.717) is 16.9 Å². The Bertz CT molecular complexity index is 1790. The summed E-state index contributed by atoms with van der Waals surface area (Å²) in [7, 11) is 1.43. The third-order valence-corrected chi connectivity index (χ3v) is 6.99. The van der Waals surface area contributed by atoms with Gasteiger partial charge >= 0.3 is 0 Å². The first-order valence-electron chi connectivity index (χ1n) is 12.8. The maximum Gasteiger partial charge on any atom is 0.251 e. The Morgan fingerprint density at radius 2 is 1.78 bits per heavy atom. The molecule has 0 saturated carbocycles. The van der Waals surface area contributed by atoms with Crippen molar-refractivity contribution in [3.05, 3.63) is 101 Å². The quantitative estimate of drug-likeness (QED) is 0.252. The Hall–Kier alpha value is -5.24. The average molecular weight is 557 g/mol. The number of aliphatic hydroxyl groups excluding tert-OH is 2. The second-order valence-corrected chi connectivity index (χ2v) is 9.57. The number of allylic oxidation sites excluding steroid dienone is 1. The maximum absolute atomic E-state index is 13.9. The van der Waals surface area contributed by atoms with Crippen molar-refractivity contribution in [2.45, 2.75) is 32.2 Å². The minimum Gasteiger partial charge on any atom is -0.504 e. The predicted molar refractivity (Wildman–Crippen MR) is 150 cm³/mol. The molecule has 41 heavy (non-hydrogen) atoms. The van der Waals surface area contributed by atoms with Crippen LogP contribution in [0.15, 0.2) is 71.9 Å². The second kappa shape index (κ2) is 11.1. The number of anilines is 1. The molecular weight excluding hydrogens is 530 g/mol. The Labute approximate surface area is 234 Å². The van der Waals surface area contributed by atoms with E-state index in [9.17, 15) is 23.8 Å². The summed E-state index contributed by atoms with van der Waals surface area (Å²) >= 11 is 0. The van der Waals surface area contributed by atoms with Gasteiger partial charge in [-0.05, 0) is 42.7 Å². The van der Waals surface area contributed by atoms with Gasteiger partial charge in [-0.25, -0.2) is 23.7 Å². The molecule has 2 heterocycles. The number of fused-ring (bicyclic) bond motifs is 1. The third kappa shape index (κ3) is 5.32. The Balaban J connectivity index is 1.57. The summed E-state index contributed by atoms with van der Waals surface area (Å²) in [6, 6.07) is 12.7. The molecule has 2 aromatic heterocycles. The van der Waals surface area contributed by atoms with Crippen LogP contribution in [0.4, 0.5) is 14.6 Å². The van der Waals surface area contributed by atoms with E-state index in [4.69, 9.17) is 0 Å². The van der Waals surface area contributed by atoms with Crippen LogP contribution in [0.3, 0.4) is 0 Å². The fourth-order valence-electron chi connectivity index (χ4n) is 4.48. The van der Waals surface area contributed by atoms with Crippen LogP contribution in [0.2, 0.25) is 0 Å². The lowest BCUT2D eigenvalue weighted by Gasteiger charge is -2.22. The van der Waals surface area contributed by atoms with E-state index in [1.165, 1.54) is 24.0 Å². The van der Waals surface area contributed by atoms with Gasteiger partial charge in [-0.2, -0.15) is 0 Å². The number of aliphatic hydroxyl groups is 2. The minimum absolute atomic E-state index is 0.00678. The van der Waals surface area contributed by atoms with Crippen molar-refractivity contribution in [1.82, 2.24) is 24.8 Å². The zero-order valence-corrected chi connectivity index (χ0v) is 22.4. The maximum atomic E-state index is 13.9. The van der Waals surface area contributed by atoms with E-state index >= 15 is 0 Å². The number of rotatable bonds is 6. The number of hydrogen-bond acceptors (Lipinski definition) is 7. The summed E-state index contributed by atoms with van der Waals surface area (Å²) in [5, 5.41) is 26.8. The van der Waals surface area contributed by atoms with Gasteiger partial charge in [0.1, 0.15) is 6.33 Å². The first-order chi connectivity index (χ1) is 19.7. The van der Waals surface area contributed by atoms with Crippen LogP contribution < -0.4 is 10.6 Å². The van der Waals surface area contributed by atoms with Crippen LogP contribution in [0.25, 0.3) is 16.9 Å². The molecule has 0 spiro atoms. The smallest absolute Gasteiger partial charge is 0.251 e. The molecule has 0 unspecified atom stereocenters. The molecule has 0 bridgehead atoms. The molecule has 1 aliphatic rings. The SMILES string of the molecule is CNC(=O)C1=C(O)C(O)=C(n2cnc3c(N[C@H](C)[C@@H](C)c4ccc(F)c(F)c4)nc(C#Cc4ccccc4)nc32)C1. The molecule has 0 aliphatic heterocycles. The fraction of sp³-hybridized carbons (Fsp3) is 0.200. The van der Waals surface area contributed by atoms with Crippen molar-refractivity contribution in [2.24, 2.45) is 0 Å². The minimum atomic E-state index is -0.930. The summed E-state index contributed by atoms with van der Waals surface area (Å²) in [6.45, 7) is 3.74. The predicted octanol–water partition coefficient (Wildman–Crippen LogP) is 4.80. The number of carbonyl (C=O) groups excluding carboxylic acids is 1. The number of likely N-dealkylation sites (N-methyl/N-ethyl adjacent to an activating group) is 1. The topological polar surface area (TPSA) is 125 Å². The molecule has 4 N–H and O–H groups in total. The summed E-state index contributed by atoms with van der Waals surface area (Å²) in [4.78, 5) is 25.8. The van der Waals surface area contributed by atoms with Gasteiger partial charge in [0.05, 0.1) is 11.3 Å². The number of hydrogen-bond donors (Lipinski definition) is 4. The van der Waals surface area contributed by atoms with Crippen molar-refractivity contribution in [3.8, 4) is 11.8 Å². The lowest BCUT2D eigenvalue weighted by molar-refractivity contribution is -0.117. The highest BCUT2D eigenvalue weighted by molar-refractivity contribution is 5.98. The van der Waals surface area contributed by atoms with Gasteiger partial charge in [-0.15, -0.1) is 0 Å². The van der Waals surface area contributed by atoms with Crippen LogP contribution in [-0.4, -0.2) is 48.7 Å². The molecule has 0 saturated heterocycles. The highest BCUT2D eigenvalue weighted by atomic mass is 19.2. The van der Waals surface area contributed by atoms with Crippen LogP contribution in [0.1, 0.15) is 43.1 Å². The van der Waals surface area contributed by atoms with E-state index in [1.54, 1.807) is 0 Å². The first-order valence-corrected chi connectivity index (χ1v) is 12.8. The average Bonchev–Trinajstić information content (AvgIpc) is 3.53. The Kier molecular flexibility index (Phi) is 7.40. The van der Waals surface area contributed by atoms with Gasteiger partial charge < -0.3 is 20.8 Å². The van der Waals surface area contributed by atoms with Gasteiger partial charge in [0.15, 0.2) is 40.1 Å². The van der Waals surface area contributed by atoms with Gasteiger partial charge in [0, 0.05) is 31.0 Å². The van der Waals surface area contributed by atoms with Crippen LogP contribution in [-0.2, 0) is 4.79 Å². The number of benzene rings is 2. The van der Waals surface area contributed by atoms with E-state index in [0.717, 1.165) is 17.7 Å². The second-order valence-electron chi connectivity index (χ2n) is 9.57. The van der Waals surface area contributed by atoms with Crippen LogP contribution in [0, 0.1) is 23.5 Å². The third-order valence-electron chi connectivity index (χ3n) is 6.99. The summed E-state index contributed by atoms with van der Waals surface area (Å²) in [5.74, 6) is 2.84. The largest absolute Gasteiger partial charge is 0.504 e. The van der Waals surface area contributed by atoms with Crippen molar-refractivity contribution >= 4 is 28.6 Å². The molecule has 9 nitrogen and oxygen atoms in total. The molecule has 2 aromatic carbocycles. The number of amides is 1. The normalized spacial score (nSPS) is 14.6. The van der Waals surface area contributed by atoms with Crippen molar-refractivity contribution < 1.29 is 23.8 Å². The first kappa shape index (κ1) is 27.3. The lowest BCUT2D eigenvalue weighted by atomic mass is 9.94. The number of halogens is 2. The molecule has 0 fully saturated rings. The zero-order valence-electron chi connectivity index (χ0n) is 22.4. The molecule has 11 heteroatoms. The van der Waals surface area contributed by atoms with Gasteiger partial charge in [-0.1, -0.05) is 37.1 Å². The molecule has 2 atom stereocenters. The van der Waals surface area contributed by atoms with Gasteiger partial charge in [0.2, 0.25) is 5.82 Å². The van der Waals surface area contributed by atoms with Crippen molar-refractivity contribution in [2.75, 3.05) is 12.4 Å². The summed E-state index contributed by atoms with van der Waals surface area (Å²) < 4.78 is 28.9. The molecule has 208 valence electrons. The van der Waals surface area contributed by atoms with E-state index in [1.807, 2.05) is 44.2 Å². The molecule has 1 amide bonds. The number of carbonyl (C=O) groups is 1. The Morgan fingerprint density at radius 1 is 1.02 bits per heavy atom. The number of nitrogens with zero attached hydrogens (tertiary/aromatic N) is 4. The highest BCUT2D eigenvalue weighted by Crippen LogP contribution is 2.35. The number of aromatic nitrogens is 4. The van der Waals surface area contributed by atoms with Gasteiger partial charge in [-0.3, -0.25) is 9.36 Å². The highest BCUT2D eigenvalue weighted by Gasteiger charge is 2.31. The molecule has 0 radical (unpaired) electrons. The van der Waals surface area contributed by atoms with Crippen LogP contribution >= 0.6 is 0 Å². The molecule has 5 rings (SSSR count). The Morgan fingerprint density at radius 3 is 2.49 bits per heavy atom. The fourth-order valence-corrected chi connectivity index (χ4v) is 4.48. The molecule has 4 aromatic rings. The summed E-state index contributed by atoms with van der Waals surface area (Å²) in [6.07, 6.45) is 1.35. The summed E-state index contributed by atoms with van der Waals surface area (Å²) in [5.41, 5.74) is 2.17. The number of nitrogens with one attached hydrogen (secondary N) is 2. The monoisotopic (exact) mass is 556 g/mol. The molecular formula is C30H26F2N6O3. The van der Waals surface area contributed by atoms with E-state index in [2.05, 4.69) is 37.4 Å². The van der Waals surface area contributed by atoms with Crippen LogP contribution in [0.5, 0.6) is 0 Å². The van der Waals surface area contributed by atoms with E-state index < -0.39 is 29.1 Å². The number of imidazole rings is 1. The van der Waals surface area contributed by atoms with Crippen molar-refractivity contribution in [3.63, 3.8) is 0 Å². The standard InChI is InChI=1S/C30H26F2N6O3/c1-16(19-10-11-21(31)22(32)13-19)17(2)35-28-25-29(37-24(36-28)12-9-18-7-5-4-6-8-18)38(15-34-25)23-14-20(30(41)33-3)26(39)27(23)40/h4-8,10-11,13,15-17,39-40H,14H2,1-3H3,(H,33,41)(H,35,36,37)/t16-,17-/m1/s1. The molecule has 1 aliphatic carbocycles. The van der Waals surface area contributed by atoms with Crippen molar-refractivity contribution in [1.29, 1.82) is 0 Å². The zero-order chi connectivity index (χ0) is 29.3. The van der Waals surface area contributed by atoms with Gasteiger partial charge in [0.25, 0.3) is 5.91 Å². The lowest BCUT2D eigenvalue weighted by Crippen LogP contribution is -2.23. The van der Waals surface area contributed by atoms with E-state index in [-0.39, 0.29) is 41.1 Å².